The zero-order valence-electron chi connectivity index (χ0n) is 18.6. The summed E-state index contributed by atoms with van der Waals surface area (Å²) in [5.41, 5.74) is 2.18. The summed E-state index contributed by atoms with van der Waals surface area (Å²) in [5, 5.41) is 4.04. The Morgan fingerprint density at radius 3 is 2.44 bits per heavy atom. The summed E-state index contributed by atoms with van der Waals surface area (Å²) in [6.07, 6.45) is 1.50. The summed E-state index contributed by atoms with van der Waals surface area (Å²) in [5.74, 6) is 2.61. The van der Waals surface area contributed by atoms with Gasteiger partial charge in [0, 0.05) is 10.4 Å². The molecule has 3 aromatic heterocycles. The second-order valence-electron chi connectivity index (χ2n) is 7.31. The van der Waals surface area contributed by atoms with Crippen LogP contribution < -0.4 is 19.8 Å². The molecule has 34 heavy (non-hydrogen) atoms. The van der Waals surface area contributed by atoms with Gasteiger partial charge in [0.05, 0.1) is 33.2 Å². The highest BCUT2D eigenvalue weighted by atomic mass is 32.1. The average Bonchev–Trinajstić information content (AvgIpc) is 3.53. The topological polar surface area (TPSA) is 102 Å². The minimum absolute atomic E-state index is 0.109. The zero-order chi connectivity index (χ0) is 23.7. The number of fused-ring (bicyclic) bond motifs is 1. The lowest BCUT2D eigenvalue weighted by atomic mass is 10.2. The van der Waals surface area contributed by atoms with Crippen LogP contribution in [0.5, 0.6) is 17.2 Å². The highest BCUT2D eigenvalue weighted by Crippen LogP contribution is 2.32. The van der Waals surface area contributed by atoms with Crippen molar-refractivity contribution in [2.45, 2.75) is 6.54 Å². The van der Waals surface area contributed by atoms with Crippen molar-refractivity contribution in [3.05, 3.63) is 71.1 Å². The molecular formula is C24H20N4O5S. The fraction of sp³-hybridized carbons (Fsp3) is 0.167. The van der Waals surface area contributed by atoms with E-state index in [-0.39, 0.29) is 12.1 Å². The van der Waals surface area contributed by atoms with E-state index < -0.39 is 0 Å². The highest BCUT2D eigenvalue weighted by Gasteiger charge is 2.15. The van der Waals surface area contributed by atoms with E-state index in [1.807, 2.05) is 36.4 Å². The van der Waals surface area contributed by atoms with E-state index in [1.165, 1.54) is 22.2 Å². The maximum Gasteiger partial charge on any atom is 0.271 e. The van der Waals surface area contributed by atoms with E-state index >= 15 is 0 Å². The number of nitrogens with zero attached hydrogens (tertiary/aromatic N) is 4. The van der Waals surface area contributed by atoms with Crippen LogP contribution in [0, 0.1) is 0 Å². The Labute approximate surface area is 198 Å². The van der Waals surface area contributed by atoms with Crippen molar-refractivity contribution in [3.8, 4) is 39.1 Å². The maximum absolute atomic E-state index is 13.1. The molecule has 0 atom stereocenters. The second-order valence-corrected chi connectivity index (χ2v) is 8.36. The molecule has 5 aromatic rings. The first-order chi connectivity index (χ1) is 16.6. The molecule has 9 nitrogen and oxygen atoms in total. The van der Waals surface area contributed by atoms with Gasteiger partial charge >= 0.3 is 0 Å². The third-order valence-corrected chi connectivity index (χ3v) is 6.46. The molecule has 0 aliphatic rings. The van der Waals surface area contributed by atoms with Gasteiger partial charge in [0.25, 0.3) is 5.56 Å². The lowest BCUT2D eigenvalue weighted by Crippen LogP contribution is -2.20. The lowest BCUT2D eigenvalue weighted by Gasteiger charge is -2.07. The molecule has 0 N–H and O–H groups in total. The Morgan fingerprint density at radius 1 is 0.941 bits per heavy atom. The average molecular weight is 477 g/mol. The van der Waals surface area contributed by atoms with E-state index in [2.05, 4.69) is 15.1 Å². The number of methoxy groups -OCH3 is 3. The second kappa shape index (κ2) is 8.99. The van der Waals surface area contributed by atoms with Crippen molar-refractivity contribution in [2.75, 3.05) is 21.3 Å². The molecule has 0 saturated carbocycles. The van der Waals surface area contributed by atoms with Crippen LogP contribution in [0.1, 0.15) is 5.89 Å². The molecule has 0 aliphatic carbocycles. The predicted molar refractivity (Wildman–Crippen MR) is 128 cm³/mol. The zero-order valence-corrected chi connectivity index (χ0v) is 19.5. The number of ether oxygens (including phenoxy) is 3. The fourth-order valence-electron chi connectivity index (χ4n) is 3.51. The van der Waals surface area contributed by atoms with Gasteiger partial charge in [-0.05, 0) is 54.1 Å². The van der Waals surface area contributed by atoms with E-state index in [0.717, 1.165) is 16.2 Å². The third-order valence-electron chi connectivity index (χ3n) is 5.29. The Bertz CT molecular complexity index is 1520. The summed E-state index contributed by atoms with van der Waals surface area (Å²) in [6.45, 7) is 0.109. The van der Waals surface area contributed by atoms with Crippen molar-refractivity contribution in [2.24, 2.45) is 0 Å². The molecule has 10 heteroatoms. The van der Waals surface area contributed by atoms with Crippen molar-refractivity contribution in [1.82, 2.24) is 19.7 Å². The first kappa shape index (κ1) is 21.7. The molecule has 0 unspecified atom stereocenters. The normalized spacial score (nSPS) is 11.0. The van der Waals surface area contributed by atoms with Crippen LogP contribution in [0.25, 0.3) is 32.0 Å². The highest BCUT2D eigenvalue weighted by molar-refractivity contribution is 7.22. The summed E-state index contributed by atoms with van der Waals surface area (Å²) >= 11 is 1.40. The van der Waals surface area contributed by atoms with Gasteiger partial charge in [0.15, 0.2) is 11.5 Å². The number of hydrogen-bond donors (Lipinski definition) is 0. The van der Waals surface area contributed by atoms with Crippen molar-refractivity contribution in [3.63, 3.8) is 0 Å². The molecule has 0 spiro atoms. The Balaban J connectivity index is 1.42. The van der Waals surface area contributed by atoms with Crippen LogP contribution in [0.4, 0.5) is 0 Å². The molecule has 0 amide bonds. The van der Waals surface area contributed by atoms with Crippen LogP contribution in [0.3, 0.4) is 0 Å². The monoisotopic (exact) mass is 476 g/mol. The number of rotatable bonds is 7. The largest absolute Gasteiger partial charge is 0.497 e. The first-order valence-corrected chi connectivity index (χ1v) is 11.1. The standard InChI is InChI=1S/C24H20N4O5S/c1-30-16-7-4-14(5-8-16)20-11-17-22(34-20)24(29)28(13-25-17)12-21-26-23(27-33-21)15-6-9-18(31-2)19(10-15)32-3/h4-11,13H,12H2,1-3H3. The van der Waals surface area contributed by atoms with E-state index in [9.17, 15) is 4.79 Å². The first-order valence-electron chi connectivity index (χ1n) is 10.3. The minimum atomic E-state index is -0.166. The van der Waals surface area contributed by atoms with Crippen LogP contribution in [-0.2, 0) is 6.54 Å². The van der Waals surface area contributed by atoms with Gasteiger partial charge in [-0.15, -0.1) is 11.3 Å². The van der Waals surface area contributed by atoms with Crippen molar-refractivity contribution < 1.29 is 18.7 Å². The summed E-state index contributed by atoms with van der Waals surface area (Å²) < 4.78 is 23.2. The summed E-state index contributed by atoms with van der Waals surface area (Å²) in [6, 6.07) is 14.9. The van der Waals surface area contributed by atoms with E-state index in [0.29, 0.717) is 39.0 Å². The van der Waals surface area contributed by atoms with Crippen LogP contribution >= 0.6 is 11.3 Å². The molecule has 0 aliphatic heterocycles. The number of benzene rings is 2. The SMILES string of the molecule is COc1ccc(-c2cc3ncn(Cc4nc(-c5ccc(OC)c(OC)c5)no4)c(=O)c3s2)cc1. The summed E-state index contributed by atoms with van der Waals surface area (Å²) in [4.78, 5) is 22.9. The Morgan fingerprint density at radius 2 is 1.71 bits per heavy atom. The van der Waals surface area contributed by atoms with E-state index in [1.54, 1.807) is 33.5 Å². The molecule has 0 fully saturated rings. The molecule has 2 aromatic carbocycles. The number of aromatic nitrogens is 4. The van der Waals surface area contributed by atoms with Gasteiger partial charge in [0.1, 0.15) is 17.0 Å². The van der Waals surface area contributed by atoms with Gasteiger partial charge in [-0.25, -0.2) is 4.98 Å². The number of hydrogen-bond acceptors (Lipinski definition) is 9. The van der Waals surface area contributed by atoms with Gasteiger partial charge in [-0.1, -0.05) is 5.16 Å². The van der Waals surface area contributed by atoms with Crippen molar-refractivity contribution >= 4 is 21.6 Å². The fourth-order valence-corrected chi connectivity index (χ4v) is 4.58. The Hall–Kier alpha value is -4.18. The van der Waals surface area contributed by atoms with Crippen LogP contribution in [-0.4, -0.2) is 41.0 Å². The molecule has 3 heterocycles. The molecule has 172 valence electrons. The minimum Gasteiger partial charge on any atom is -0.497 e. The van der Waals surface area contributed by atoms with Gasteiger partial charge in [-0.3, -0.25) is 9.36 Å². The number of thiophene rings is 1. The lowest BCUT2D eigenvalue weighted by molar-refractivity contribution is 0.355. The van der Waals surface area contributed by atoms with Gasteiger partial charge < -0.3 is 18.7 Å². The maximum atomic E-state index is 13.1. The molecule has 0 radical (unpaired) electrons. The van der Waals surface area contributed by atoms with Gasteiger partial charge in [0.2, 0.25) is 11.7 Å². The molecule has 0 saturated heterocycles. The van der Waals surface area contributed by atoms with Crippen LogP contribution in [0.2, 0.25) is 0 Å². The van der Waals surface area contributed by atoms with E-state index in [4.69, 9.17) is 18.7 Å². The predicted octanol–water partition coefficient (Wildman–Crippen LogP) is 4.25. The quantitative estimate of drug-likeness (QED) is 0.344. The molecule has 0 bridgehead atoms. The van der Waals surface area contributed by atoms with Gasteiger partial charge in [-0.2, -0.15) is 4.98 Å². The summed E-state index contributed by atoms with van der Waals surface area (Å²) in [7, 11) is 4.75. The molecular weight excluding hydrogens is 456 g/mol. The van der Waals surface area contributed by atoms with Crippen LogP contribution in [0.15, 0.2) is 64.2 Å². The third kappa shape index (κ3) is 3.99. The smallest absolute Gasteiger partial charge is 0.271 e. The van der Waals surface area contributed by atoms with Crippen molar-refractivity contribution in [1.29, 1.82) is 0 Å². The Kier molecular flexibility index (Phi) is 5.72. The molecule has 5 rings (SSSR count).